The molecule has 0 aromatic heterocycles. The number of hydrogen-bond acceptors (Lipinski definition) is 2. The summed E-state index contributed by atoms with van der Waals surface area (Å²) >= 11 is 0. The lowest BCUT2D eigenvalue weighted by Gasteiger charge is -2.27. The van der Waals surface area contributed by atoms with E-state index in [1.807, 2.05) is 7.11 Å². The first-order valence-corrected chi connectivity index (χ1v) is 4.59. The van der Waals surface area contributed by atoms with Crippen LogP contribution in [-0.4, -0.2) is 25.8 Å². The zero-order chi connectivity index (χ0) is 8.16. The third-order valence-corrected chi connectivity index (χ3v) is 2.64. The van der Waals surface area contributed by atoms with Crippen LogP contribution in [0.2, 0.25) is 0 Å². The molecule has 0 spiro atoms. The van der Waals surface area contributed by atoms with Crippen molar-refractivity contribution in [3.05, 3.63) is 0 Å². The fourth-order valence-corrected chi connectivity index (χ4v) is 1.83. The molecule has 1 saturated carbocycles. The van der Waals surface area contributed by atoms with Gasteiger partial charge >= 0.3 is 0 Å². The summed E-state index contributed by atoms with van der Waals surface area (Å²) in [6.45, 7) is 4.21. The summed E-state index contributed by atoms with van der Waals surface area (Å²) < 4.78 is 5.54. The van der Waals surface area contributed by atoms with E-state index in [0.29, 0.717) is 0 Å². The van der Waals surface area contributed by atoms with Gasteiger partial charge in [-0.2, -0.15) is 0 Å². The molecule has 0 heterocycles. The highest BCUT2D eigenvalue weighted by Gasteiger charge is 2.32. The van der Waals surface area contributed by atoms with Crippen molar-refractivity contribution >= 4 is 0 Å². The van der Waals surface area contributed by atoms with E-state index in [-0.39, 0.29) is 5.60 Å². The number of likely N-dealkylation sites (N-methyl/N-ethyl adjacent to an activating group) is 1. The summed E-state index contributed by atoms with van der Waals surface area (Å²) in [6.07, 6.45) is 5.13. The summed E-state index contributed by atoms with van der Waals surface area (Å²) in [7, 11) is 1.84. The Morgan fingerprint density at radius 2 is 2.00 bits per heavy atom. The Morgan fingerprint density at radius 3 is 2.45 bits per heavy atom. The third kappa shape index (κ3) is 2.17. The van der Waals surface area contributed by atoms with Gasteiger partial charge in [0.1, 0.15) is 0 Å². The second kappa shape index (κ2) is 4.07. The number of nitrogens with one attached hydrogen (secondary N) is 1. The smallest absolute Gasteiger partial charge is 0.0802 e. The Bertz CT molecular complexity index is 108. The first-order chi connectivity index (χ1) is 5.33. The Morgan fingerprint density at radius 1 is 1.36 bits per heavy atom. The number of rotatable bonds is 4. The molecule has 1 aliphatic rings. The standard InChI is InChI=1S/C9H19NO/c1-3-10-8-9(11-2)6-4-5-7-9/h10H,3-8H2,1-2H3. The minimum absolute atomic E-state index is 0.177. The highest BCUT2D eigenvalue weighted by molar-refractivity contribution is 4.87. The van der Waals surface area contributed by atoms with Crippen LogP contribution in [0.5, 0.6) is 0 Å². The molecule has 0 aliphatic heterocycles. The van der Waals surface area contributed by atoms with E-state index in [1.165, 1.54) is 25.7 Å². The quantitative estimate of drug-likeness (QED) is 0.668. The average molecular weight is 157 g/mol. The predicted molar refractivity (Wildman–Crippen MR) is 46.8 cm³/mol. The van der Waals surface area contributed by atoms with Crippen molar-refractivity contribution in [2.45, 2.75) is 38.2 Å². The predicted octanol–water partition coefficient (Wildman–Crippen LogP) is 1.56. The lowest BCUT2D eigenvalue weighted by molar-refractivity contribution is -0.00278. The van der Waals surface area contributed by atoms with Crippen molar-refractivity contribution in [3.8, 4) is 0 Å². The molecule has 0 radical (unpaired) electrons. The highest BCUT2D eigenvalue weighted by atomic mass is 16.5. The minimum Gasteiger partial charge on any atom is -0.377 e. The van der Waals surface area contributed by atoms with Crippen LogP contribution < -0.4 is 5.32 Å². The van der Waals surface area contributed by atoms with E-state index in [1.54, 1.807) is 0 Å². The first-order valence-electron chi connectivity index (χ1n) is 4.59. The minimum atomic E-state index is 0.177. The summed E-state index contributed by atoms with van der Waals surface area (Å²) in [4.78, 5) is 0. The van der Waals surface area contributed by atoms with Gasteiger partial charge in [-0.3, -0.25) is 0 Å². The average Bonchev–Trinajstić information content (AvgIpc) is 2.50. The molecule has 1 rings (SSSR count). The number of ether oxygens (including phenoxy) is 1. The van der Waals surface area contributed by atoms with E-state index >= 15 is 0 Å². The molecule has 11 heavy (non-hydrogen) atoms. The van der Waals surface area contributed by atoms with Gasteiger partial charge in [-0.25, -0.2) is 0 Å². The molecule has 1 fully saturated rings. The van der Waals surface area contributed by atoms with E-state index in [2.05, 4.69) is 12.2 Å². The molecule has 0 aromatic rings. The molecule has 0 saturated heterocycles. The topological polar surface area (TPSA) is 21.3 Å². The largest absolute Gasteiger partial charge is 0.377 e. The monoisotopic (exact) mass is 157 g/mol. The van der Waals surface area contributed by atoms with Gasteiger partial charge in [0.15, 0.2) is 0 Å². The molecule has 0 atom stereocenters. The van der Waals surface area contributed by atoms with E-state index in [0.717, 1.165) is 13.1 Å². The molecule has 0 unspecified atom stereocenters. The van der Waals surface area contributed by atoms with Crippen LogP contribution >= 0.6 is 0 Å². The molecule has 0 amide bonds. The Balaban J connectivity index is 2.33. The summed E-state index contributed by atoms with van der Waals surface area (Å²) in [6, 6.07) is 0. The van der Waals surface area contributed by atoms with Crippen molar-refractivity contribution in [2.75, 3.05) is 20.2 Å². The molecule has 2 nitrogen and oxygen atoms in total. The fourth-order valence-electron chi connectivity index (χ4n) is 1.83. The number of hydrogen-bond donors (Lipinski definition) is 1. The van der Waals surface area contributed by atoms with E-state index < -0.39 is 0 Å². The van der Waals surface area contributed by atoms with Crippen molar-refractivity contribution in [1.29, 1.82) is 0 Å². The van der Waals surface area contributed by atoms with Gasteiger partial charge in [-0.1, -0.05) is 19.8 Å². The summed E-state index contributed by atoms with van der Waals surface area (Å²) in [5, 5.41) is 3.36. The maximum absolute atomic E-state index is 5.54. The highest BCUT2D eigenvalue weighted by Crippen LogP contribution is 2.31. The van der Waals surface area contributed by atoms with Gasteiger partial charge in [0.2, 0.25) is 0 Å². The van der Waals surface area contributed by atoms with Crippen LogP contribution in [0.25, 0.3) is 0 Å². The second-order valence-electron chi connectivity index (χ2n) is 3.37. The molecule has 1 aliphatic carbocycles. The van der Waals surface area contributed by atoms with Crippen molar-refractivity contribution in [2.24, 2.45) is 0 Å². The van der Waals surface area contributed by atoms with Crippen molar-refractivity contribution in [3.63, 3.8) is 0 Å². The SMILES string of the molecule is CCNCC1(OC)CCCC1. The fraction of sp³-hybridized carbons (Fsp3) is 1.00. The normalized spacial score (nSPS) is 22.4. The maximum atomic E-state index is 5.54. The lowest BCUT2D eigenvalue weighted by Crippen LogP contribution is -2.39. The Labute approximate surface area is 69.3 Å². The van der Waals surface area contributed by atoms with E-state index in [9.17, 15) is 0 Å². The van der Waals surface area contributed by atoms with Gasteiger partial charge in [0.05, 0.1) is 5.60 Å². The molecule has 66 valence electrons. The zero-order valence-electron chi connectivity index (χ0n) is 7.65. The van der Waals surface area contributed by atoms with Crippen molar-refractivity contribution < 1.29 is 4.74 Å². The third-order valence-electron chi connectivity index (χ3n) is 2.64. The van der Waals surface area contributed by atoms with Crippen LogP contribution in [0.1, 0.15) is 32.6 Å². The summed E-state index contributed by atoms with van der Waals surface area (Å²) in [5.74, 6) is 0. The molecule has 0 aromatic carbocycles. The Kier molecular flexibility index (Phi) is 3.34. The van der Waals surface area contributed by atoms with Crippen LogP contribution in [-0.2, 0) is 4.74 Å². The van der Waals surface area contributed by atoms with Gasteiger partial charge in [0.25, 0.3) is 0 Å². The maximum Gasteiger partial charge on any atom is 0.0802 e. The van der Waals surface area contributed by atoms with Crippen LogP contribution in [0, 0.1) is 0 Å². The molecule has 0 bridgehead atoms. The second-order valence-corrected chi connectivity index (χ2v) is 3.37. The first kappa shape index (κ1) is 9.01. The van der Waals surface area contributed by atoms with Gasteiger partial charge in [0, 0.05) is 13.7 Å². The van der Waals surface area contributed by atoms with Crippen LogP contribution in [0.3, 0.4) is 0 Å². The Hall–Kier alpha value is -0.0800. The van der Waals surface area contributed by atoms with Gasteiger partial charge in [-0.05, 0) is 19.4 Å². The zero-order valence-corrected chi connectivity index (χ0v) is 7.65. The summed E-state index contributed by atoms with van der Waals surface area (Å²) in [5.41, 5.74) is 0.177. The molecular formula is C9H19NO. The molecule has 2 heteroatoms. The van der Waals surface area contributed by atoms with Gasteiger partial charge < -0.3 is 10.1 Å². The lowest BCUT2D eigenvalue weighted by atomic mass is 10.0. The van der Waals surface area contributed by atoms with Crippen LogP contribution in [0.15, 0.2) is 0 Å². The van der Waals surface area contributed by atoms with Crippen LogP contribution in [0.4, 0.5) is 0 Å². The van der Waals surface area contributed by atoms with Crippen molar-refractivity contribution in [1.82, 2.24) is 5.32 Å². The molecular weight excluding hydrogens is 138 g/mol. The number of methoxy groups -OCH3 is 1. The van der Waals surface area contributed by atoms with Gasteiger partial charge in [-0.15, -0.1) is 0 Å². The van der Waals surface area contributed by atoms with E-state index in [4.69, 9.17) is 4.74 Å². The molecule has 1 N–H and O–H groups in total.